The van der Waals surface area contributed by atoms with Gasteiger partial charge in [-0.15, -0.1) is 0 Å². The second-order valence-electron chi connectivity index (χ2n) is 6.20. The Morgan fingerprint density at radius 1 is 1.22 bits per heavy atom. The summed E-state index contributed by atoms with van der Waals surface area (Å²) in [5.74, 6) is -1.62. The molecule has 1 saturated carbocycles. The highest BCUT2D eigenvalue weighted by Gasteiger charge is 2.31. The normalized spacial score (nSPS) is 21.2. The van der Waals surface area contributed by atoms with Crippen molar-refractivity contribution < 1.29 is 23.1 Å². The Kier molecular flexibility index (Phi) is 4.79. The van der Waals surface area contributed by atoms with Crippen molar-refractivity contribution in [3.05, 3.63) is 28.8 Å². The molecule has 0 aromatic heterocycles. The van der Waals surface area contributed by atoms with Crippen molar-refractivity contribution in [3.63, 3.8) is 0 Å². The minimum Gasteiger partial charge on any atom is -0.481 e. The molecule has 126 valence electrons. The Balaban J connectivity index is 2.23. The number of aryl methyl sites for hydroxylation is 1. The number of sulfone groups is 1. The molecule has 1 aromatic carbocycles. The van der Waals surface area contributed by atoms with E-state index in [1.807, 2.05) is 0 Å². The first-order chi connectivity index (χ1) is 10.6. The zero-order valence-electron chi connectivity index (χ0n) is 13.4. The van der Waals surface area contributed by atoms with E-state index in [0.717, 1.165) is 17.4 Å². The number of carbonyl (C=O) groups is 2. The fraction of sp³-hybridized carbons (Fsp3) is 0.500. The van der Waals surface area contributed by atoms with Gasteiger partial charge in [-0.25, -0.2) is 8.42 Å². The van der Waals surface area contributed by atoms with Crippen LogP contribution in [0.5, 0.6) is 0 Å². The van der Waals surface area contributed by atoms with Crippen LogP contribution in [0.2, 0.25) is 0 Å². The first-order valence-corrected chi connectivity index (χ1v) is 9.33. The molecule has 0 radical (unpaired) electrons. The monoisotopic (exact) mass is 339 g/mol. The molecule has 1 fully saturated rings. The largest absolute Gasteiger partial charge is 0.481 e. The van der Waals surface area contributed by atoms with Crippen molar-refractivity contribution in [2.24, 2.45) is 5.92 Å². The van der Waals surface area contributed by atoms with Gasteiger partial charge in [-0.1, -0.05) is 0 Å². The van der Waals surface area contributed by atoms with E-state index in [9.17, 15) is 18.0 Å². The van der Waals surface area contributed by atoms with Gasteiger partial charge >= 0.3 is 5.97 Å². The second kappa shape index (κ2) is 6.31. The fourth-order valence-corrected chi connectivity index (χ4v) is 3.60. The Morgan fingerprint density at radius 2 is 1.87 bits per heavy atom. The third-order valence-corrected chi connectivity index (χ3v) is 5.52. The van der Waals surface area contributed by atoms with Gasteiger partial charge in [0.05, 0.1) is 10.8 Å². The van der Waals surface area contributed by atoms with Crippen LogP contribution in [-0.2, 0) is 14.6 Å². The summed E-state index contributed by atoms with van der Waals surface area (Å²) in [7, 11) is -3.40. The van der Waals surface area contributed by atoms with Crippen LogP contribution in [0.1, 0.15) is 40.7 Å². The summed E-state index contributed by atoms with van der Waals surface area (Å²) >= 11 is 0. The summed E-state index contributed by atoms with van der Waals surface area (Å²) in [5, 5.41) is 11.8. The summed E-state index contributed by atoms with van der Waals surface area (Å²) in [4.78, 5) is 23.6. The number of carboxylic acid groups (broad SMARTS) is 1. The summed E-state index contributed by atoms with van der Waals surface area (Å²) < 4.78 is 23.5. The van der Waals surface area contributed by atoms with E-state index in [0.29, 0.717) is 24.8 Å². The summed E-state index contributed by atoms with van der Waals surface area (Å²) in [6, 6.07) is 2.75. The molecule has 0 saturated heterocycles. The molecule has 7 heteroatoms. The highest BCUT2D eigenvalue weighted by atomic mass is 32.2. The lowest BCUT2D eigenvalue weighted by atomic mass is 10.0. The molecule has 6 nitrogen and oxygen atoms in total. The molecular weight excluding hydrogens is 318 g/mol. The summed E-state index contributed by atoms with van der Waals surface area (Å²) in [5.41, 5.74) is 1.78. The minimum absolute atomic E-state index is 0.112. The maximum absolute atomic E-state index is 12.5. The van der Waals surface area contributed by atoms with Gasteiger partial charge in [0.15, 0.2) is 9.84 Å². The predicted molar refractivity (Wildman–Crippen MR) is 85.3 cm³/mol. The number of nitrogens with one attached hydrogen (secondary N) is 1. The number of carboxylic acids is 1. The molecular formula is C16H21NO5S. The highest BCUT2D eigenvalue weighted by Crippen LogP contribution is 2.26. The van der Waals surface area contributed by atoms with E-state index < -0.39 is 21.7 Å². The van der Waals surface area contributed by atoms with Gasteiger partial charge in [0, 0.05) is 17.9 Å². The van der Waals surface area contributed by atoms with Crippen LogP contribution in [-0.4, -0.2) is 37.7 Å². The van der Waals surface area contributed by atoms with Crippen LogP contribution >= 0.6 is 0 Å². The fourth-order valence-electron chi connectivity index (χ4n) is 2.88. The number of carbonyl (C=O) groups excluding carboxylic acids is 1. The molecule has 0 heterocycles. The zero-order chi connectivity index (χ0) is 17.4. The average Bonchev–Trinajstić information content (AvgIpc) is 2.89. The van der Waals surface area contributed by atoms with Crippen molar-refractivity contribution in [1.29, 1.82) is 0 Å². The van der Waals surface area contributed by atoms with E-state index in [1.165, 1.54) is 6.07 Å². The van der Waals surface area contributed by atoms with Crippen LogP contribution in [0.25, 0.3) is 0 Å². The van der Waals surface area contributed by atoms with Gasteiger partial charge in [0.25, 0.3) is 5.91 Å². The maximum atomic E-state index is 12.5. The van der Waals surface area contributed by atoms with E-state index in [2.05, 4.69) is 5.32 Å². The first-order valence-electron chi connectivity index (χ1n) is 7.44. The third kappa shape index (κ3) is 3.90. The number of hydrogen-bond acceptors (Lipinski definition) is 4. The van der Waals surface area contributed by atoms with Crippen molar-refractivity contribution in [2.45, 2.75) is 44.0 Å². The smallest absolute Gasteiger partial charge is 0.306 e. The van der Waals surface area contributed by atoms with Crippen LogP contribution in [0.15, 0.2) is 17.0 Å². The van der Waals surface area contributed by atoms with E-state index in [4.69, 9.17) is 5.11 Å². The Bertz CT molecular complexity index is 754. The summed E-state index contributed by atoms with van der Waals surface area (Å²) in [6.45, 7) is 3.53. The van der Waals surface area contributed by atoms with Gasteiger partial charge in [0.1, 0.15) is 0 Å². The molecule has 0 aliphatic heterocycles. The number of hydrogen-bond donors (Lipinski definition) is 2. The van der Waals surface area contributed by atoms with Gasteiger partial charge in [-0.3, -0.25) is 9.59 Å². The quantitative estimate of drug-likeness (QED) is 0.869. The number of rotatable bonds is 4. The first kappa shape index (κ1) is 17.5. The van der Waals surface area contributed by atoms with E-state index >= 15 is 0 Å². The van der Waals surface area contributed by atoms with Crippen LogP contribution in [0, 0.1) is 19.8 Å². The molecule has 0 spiro atoms. The lowest BCUT2D eigenvalue weighted by Gasteiger charge is -2.15. The third-order valence-electron chi connectivity index (χ3n) is 4.43. The highest BCUT2D eigenvalue weighted by molar-refractivity contribution is 7.90. The Hall–Kier alpha value is -1.89. The lowest BCUT2D eigenvalue weighted by Crippen LogP contribution is -2.34. The number of amides is 1. The van der Waals surface area contributed by atoms with Gasteiger partial charge in [-0.2, -0.15) is 0 Å². The van der Waals surface area contributed by atoms with Crippen molar-refractivity contribution in [1.82, 2.24) is 5.32 Å². The molecule has 23 heavy (non-hydrogen) atoms. The van der Waals surface area contributed by atoms with Gasteiger partial charge in [-0.05, 0) is 56.4 Å². The SMILES string of the molecule is Cc1cc(S(C)(=O)=O)cc(C(=O)N[C@@H]2CC[C@H](C(=O)O)C2)c1C. The van der Waals surface area contributed by atoms with Crippen molar-refractivity contribution >= 4 is 21.7 Å². The molecule has 1 aliphatic carbocycles. The lowest BCUT2D eigenvalue weighted by molar-refractivity contribution is -0.141. The number of aliphatic carboxylic acids is 1. The standard InChI is InChI=1S/C16H21NO5S/c1-9-6-13(23(3,21)22)8-14(10(9)2)15(18)17-12-5-4-11(7-12)16(19)20/h6,8,11-12H,4-5,7H2,1-3H3,(H,17,18)(H,19,20)/t11-,12+/m0/s1. The van der Waals surface area contributed by atoms with Crippen molar-refractivity contribution in [3.8, 4) is 0 Å². The molecule has 1 aliphatic rings. The molecule has 1 aromatic rings. The molecule has 2 rings (SSSR count). The second-order valence-corrected chi connectivity index (χ2v) is 8.22. The Labute approximate surface area is 135 Å². The molecule has 2 N–H and O–H groups in total. The number of benzene rings is 1. The topological polar surface area (TPSA) is 101 Å². The zero-order valence-corrected chi connectivity index (χ0v) is 14.2. The average molecular weight is 339 g/mol. The molecule has 1 amide bonds. The van der Waals surface area contributed by atoms with Crippen LogP contribution in [0.4, 0.5) is 0 Å². The van der Waals surface area contributed by atoms with E-state index in [-0.39, 0.29) is 16.8 Å². The maximum Gasteiger partial charge on any atom is 0.306 e. The van der Waals surface area contributed by atoms with Gasteiger partial charge < -0.3 is 10.4 Å². The molecule has 2 atom stereocenters. The van der Waals surface area contributed by atoms with E-state index in [1.54, 1.807) is 19.9 Å². The Morgan fingerprint density at radius 3 is 2.39 bits per heavy atom. The van der Waals surface area contributed by atoms with Crippen LogP contribution < -0.4 is 5.32 Å². The van der Waals surface area contributed by atoms with Crippen molar-refractivity contribution in [2.75, 3.05) is 6.26 Å². The summed E-state index contributed by atoms with van der Waals surface area (Å²) in [6.07, 6.45) is 2.67. The molecule has 0 bridgehead atoms. The predicted octanol–water partition coefficient (Wildman–Crippen LogP) is 1.69. The van der Waals surface area contributed by atoms with Crippen LogP contribution in [0.3, 0.4) is 0 Å². The van der Waals surface area contributed by atoms with Gasteiger partial charge in [0.2, 0.25) is 0 Å². The minimum atomic E-state index is -3.40. The molecule has 0 unspecified atom stereocenters.